The van der Waals surface area contributed by atoms with Gasteiger partial charge in [0.2, 0.25) is 0 Å². The Bertz CT molecular complexity index is 340. The molecule has 21 heavy (non-hydrogen) atoms. The van der Waals surface area contributed by atoms with E-state index < -0.39 is 5.97 Å². The molecule has 0 aliphatic heterocycles. The van der Waals surface area contributed by atoms with Gasteiger partial charge in [-0.3, -0.25) is 4.79 Å². The van der Waals surface area contributed by atoms with Crippen molar-refractivity contribution in [2.75, 3.05) is 6.54 Å². The van der Waals surface area contributed by atoms with Crippen LogP contribution in [0.25, 0.3) is 0 Å². The Morgan fingerprint density at radius 2 is 1.67 bits per heavy atom. The summed E-state index contributed by atoms with van der Waals surface area (Å²) in [5.41, 5.74) is 0.388. The van der Waals surface area contributed by atoms with Crippen molar-refractivity contribution < 1.29 is 9.90 Å². The number of hydrogen-bond donors (Lipinski definition) is 2. The Labute approximate surface area is 129 Å². The van der Waals surface area contributed by atoms with E-state index in [-0.39, 0.29) is 5.92 Å². The molecule has 2 saturated carbocycles. The molecule has 3 heteroatoms. The van der Waals surface area contributed by atoms with Crippen LogP contribution in [0.2, 0.25) is 0 Å². The molecular formula is C18H33NO2. The first-order chi connectivity index (χ1) is 9.88. The van der Waals surface area contributed by atoms with Gasteiger partial charge in [0.05, 0.1) is 5.92 Å². The molecule has 0 saturated heterocycles. The van der Waals surface area contributed by atoms with Crippen LogP contribution in [0.15, 0.2) is 0 Å². The summed E-state index contributed by atoms with van der Waals surface area (Å²) in [5.74, 6) is 0.782. The Hall–Kier alpha value is -0.570. The molecule has 0 heterocycles. The molecule has 2 unspecified atom stereocenters. The van der Waals surface area contributed by atoms with E-state index >= 15 is 0 Å². The second-order valence-corrected chi connectivity index (χ2v) is 8.33. The minimum absolute atomic E-state index is 0.0849. The van der Waals surface area contributed by atoms with Crippen LogP contribution in [-0.2, 0) is 4.79 Å². The number of carboxylic acid groups (broad SMARTS) is 1. The summed E-state index contributed by atoms with van der Waals surface area (Å²) in [6, 6.07) is 0.663. The third-order valence-electron chi connectivity index (χ3n) is 5.74. The van der Waals surface area contributed by atoms with Gasteiger partial charge in [0.15, 0.2) is 0 Å². The SMILES string of the molecule is CC(C)(C)C1CCCCC1NCC1CCC(C(=O)O)CC1. The molecule has 2 aliphatic carbocycles. The Morgan fingerprint density at radius 3 is 2.24 bits per heavy atom. The summed E-state index contributed by atoms with van der Waals surface area (Å²) in [7, 11) is 0. The summed E-state index contributed by atoms with van der Waals surface area (Å²) in [5, 5.41) is 12.9. The van der Waals surface area contributed by atoms with E-state index in [0.717, 1.165) is 38.1 Å². The fourth-order valence-corrected chi connectivity index (χ4v) is 4.34. The third-order valence-corrected chi connectivity index (χ3v) is 5.74. The summed E-state index contributed by atoms with van der Waals surface area (Å²) >= 11 is 0. The second-order valence-electron chi connectivity index (χ2n) is 8.33. The second kappa shape index (κ2) is 7.13. The van der Waals surface area contributed by atoms with Gasteiger partial charge in [-0.15, -0.1) is 0 Å². The molecule has 0 bridgehead atoms. The van der Waals surface area contributed by atoms with Gasteiger partial charge in [-0.05, 0) is 62.3 Å². The average molecular weight is 295 g/mol. The zero-order valence-electron chi connectivity index (χ0n) is 14.0. The van der Waals surface area contributed by atoms with E-state index in [2.05, 4.69) is 26.1 Å². The molecule has 2 atom stereocenters. The lowest BCUT2D eigenvalue weighted by Crippen LogP contribution is -2.46. The van der Waals surface area contributed by atoms with Crippen LogP contribution in [0.5, 0.6) is 0 Å². The predicted octanol–water partition coefficient (Wildman–Crippen LogP) is 4.07. The molecule has 0 aromatic rings. The van der Waals surface area contributed by atoms with E-state index in [1.54, 1.807) is 0 Å². The first kappa shape index (κ1) is 16.8. The zero-order valence-corrected chi connectivity index (χ0v) is 14.0. The van der Waals surface area contributed by atoms with Gasteiger partial charge in [0, 0.05) is 6.04 Å². The van der Waals surface area contributed by atoms with E-state index in [1.807, 2.05) is 0 Å². The van der Waals surface area contributed by atoms with E-state index in [9.17, 15) is 4.79 Å². The van der Waals surface area contributed by atoms with Crippen molar-refractivity contribution in [3.63, 3.8) is 0 Å². The van der Waals surface area contributed by atoms with Crippen molar-refractivity contribution in [3.05, 3.63) is 0 Å². The van der Waals surface area contributed by atoms with E-state index in [1.165, 1.54) is 25.7 Å². The van der Waals surface area contributed by atoms with Crippen LogP contribution >= 0.6 is 0 Å². The molecule has 0 radical (unpaired) electrons. The number of carboxylic acids is 1. The summed E-state index contributed by atoms with van der Waals surface area (Å²) in [4.78, 5) is 11.0. The maximum Gasteiger partial charge on any atom is 0.306 e. The predicted molar refractivity (Wildman–Crippen MR) is 86.3 cm³/mol. The van der Waals surface area contributed by atoms with Gasteiger partial charge in [0.25, 0.3) is 0 Å². The van der Waals surface area contributed by atoms with Crippen molar-refractivity contribution in [3.8, 4) is 0 Å². The lowest BCUT2D eigenvalue weighted by molar-refractivity contribution is -0.143. The van der Waals surface area contributed by atoms with Gasteiger partial charge >= 0.3 is 5.97 Å². The Balaban J connectivity index is 1.78. The van der Waals surface area contributed by atoms with Crippen molar-refractivity contribution in [2.24, 2.45) is 23.2 Å². The average Bonchev–Trinajstić information content (AvgIpc) is 2.45. The molecule has 0 spiro atoms. The molecule has 3 nitrogen and oxygen atoms in total. The molecule has 2 rings (SSSR count). The first-order valence-electron chi connectivity index (χ1n) is 8.84. The number of nitrogens with one attached hydrogen (secondary N) is 1. The zero-order chi connectivity index (χ0) is 15.5. The molecule has 0 amide bonds. The summed E-state index contributed by atoms with van der Waals surface area (Å²) < 4.78 is 0. The van der Waals surface area contributed by atoms with Crippen molar-refractivity contribution in [1.29, 1.82) is 0 Å². The number of hydrogen-bond acceptors (Lipinski definition) is 2. The number of aliphatic carboxylic acids is 1. The van der Waals surface area contributed by atoms with Crippen LogP contribution < -0.4 is 5.32 Å². The Kier molecular flexibility index (Phi) is 5.70. The van der Waals surface area contributed by atoms with Crippen molar-refractivity contribution >= 4 is 5.97 Å². The highest BCUT2D eigenvalue weighted by Crippen LogP contribution is 2.38. The molecule has 122 valence electrons. The molecule has 2 aliphatic rings. The van der Waals surface area contributed by atoms with Crippen LogP contribution in [0.1, 0.15) is 72.1 Å². The van der Waals surface area contributed by atoms with Crippen LogP contribution in [0.3, 0.4) is 0 Å². The third kappa shape index (κ3) is 4.70. The highest BCUT2D eigenvalue weighted by atomic mass is 16.4. The fraction of sp³-hybridized carbons (Fsp3) is 0.944. The highest BCUT2D eigenvalue weighted by molar-refractivity contribution is 5.69. The van der Waals surface area contributed by atoms with Gasteiger partial charge in [-0.1, -0.05) is 33.6 Å². The summed E-state index contributed by atoms with van der Waals surface area (Å²) in [6.45, 7) is 8.20. The van der Waals surface area contributed by atoms with E-state index in [0.29, 0.717) is 17.4 Å². The molecule has 0 aromatic carbocycles. The molecule has 2 fully saturated rings. The largest absolute Gasteiger partial charge is 0.481 e. The maximum absolute atomic E-state index is 11.0. The smallest absolute Gasteiger partial charge is 0.306 e. The van der Waals surface area contributed by atoms with Gasteiger partial charge < -0.3 is 10.4 Å². The lowest BCUT2D eigenvalue weighted by atomic mass is 9.69. The minimum atomic E-state index is -0.596. The molecular weight excluding hydrogens is 262 g/mol. The molecule has 0 aromatic heterocycles. The van der Waals surface area contributed by atoms with Crippen LogP contribution in [-0.4, -0.2) is 23.7 Å². The minimum Gasteiger partial charge on any atom is -0.481 e. The van der Waals surface area contributed by atoms with Crippen molar-refractivity contribution in [2.45, 2.75) is 78.2 Å². The van der Waals surface area contributed by atoms with Crippen molar-refractivity contribution in [1.82, 2.24) is 5.32 Å². The highest BCUT2D eigenvalue weighted by Gasteiger charge is 2.34. The number of rotatable bonds is 4. The fourth-order valence-electron chi connectivity index (χ4n) is 4.34. The van der Waals surface area contributed by atoms with Gasteiger partial charge in [0.1, 0.15) is 0 Å². The monoisotopic (exact) mass is 295 g/mol. The van der Waals surface area contributed by atoms with Gasteiger partial charge in [-0.25, -0.2) is 0 Å². The van der Waals surface area contributed by atoms with Gasteiger partial charge in [-0.2, -0.15) is 0 Å². The quantitative estimate of drug-likeness (QED) is 0.822. The molecule has 2 N–H and O–H groups in total. The standard InChI is InChI=1S/C18H33NO2/c1-18(2,3)15-6-4-5-7-16(15)19-12-13-8-10-14(11-9-13)17(20)21/h13-16,19H,4-12H2,1-3H3,(H,20,21). The normalized spacial score (nSPS) is 34.6. The maximum atomic E-state index is 11.0. The van der Waals surface area contributed by atoms with Crippen LogP contribution in [0, 0.1) is 23.2 Å². The first-order valence-corrected chi connectivity index (χ1v) is 8.84. The topological polar surface area (TPSA) is 49.3 Å². The lowest BCUT2D eigenvalue weighted by Gasteiger charge is -2.41. The summed E-state index contributed by atoms with van der Waals surface area (Å²) in [6.07, 6.45) is 9.30. The van der Waals surface area contributed by atoms with Crippen LogP contribution in [0.4, 0.5) is 0 Å². The number of carbonyl (C=O) groups is 1. The van der Waals surface area contributed by atoms with E-state index in [4.69, 9.17) is 5.11 Å². The Morgan fingerprint density at radius 1 is 1.05 bits per heavy atom.